The molecule has 0 unspecified atom stereocenters. The number of thiol groups is 1. The van der Waals surface area contributed by atoms with Gasteiger partial charge in [-0.05, 0) is 17.3 Å². The minimum atomic E-state index is 0.629. The number of rotatable bonds is 27. The van der Waals surface area contributed by atoms with Crippen LogP contribution >= 0.6 is 47.4 Å². The van der Waals surface area contributed by atoms with Gasteiger partial charge >= 0.3 is 0 Å². The highest BCUT2D eigenvalue weighted by atomic mass is 127. The van der Waals surface area contributed by atoms with Crippen LogP contribution in [0.4, 0.5) is 0 Å². The van der Waals surface area contributed by atoms with Crippen molar-refractivity contribution in [3.63, 3.8) is 0 Å². The molecule has 32 heavy (non-hydrogen) atoms. The molecule has 0 rings (SSSR count). The zero-order valence-corrected chi connectivity index (χ0v) is 25.2. The van der Waals surface area contributed by atoms with Crippen molar-refractivity contribution in [2.75, 3.05) is 11.0 Å². The summed E-state index contributed by atoms with van der Waals surface area (Å²) in [6.45, 7) is 0.988. The average molecular weight is 598 g/mol. The van der Waals surface area contributed by atoms with Gasteiger partial charge in [0.1, 0.15) is 4.32 Å². The maximum absolute atomic E-state index is 4.89. The van der Waals surface area contributed by atoms with E-state index in [0.717, 1.165) is 6.54 Å². The normalized spacial score (nSPS) is 11.2. The lowest BCUT2D eigenvalue weighted by atomic mass is 10.0. The molecule has 0 aliphatic heterocycles. The third-order valence-corrected chi connectivity index (χ3v) is 7.65. The van der Waals surface area contributed by atoms with E-state index in [2.05, 4.69) is 40.5 Å². The predicted molar refractivity (Wildman–Crippen MR) is 164 cm³/mol. The summed E-state index contributed by atoms with van der Waals surface area (Å²) >= 11 is 11.5. The number of unbranched alkanes of at least 4 members (excludes halogenated alkanes) is 24. The maximum Gasteiger partial charge on any atom is 0.130 e. The molecule has 0 aromatic rings. The molecule has 0 amide bonds. The molecule has 0 saturated heterocycles. The van der Waals surface area contributed by atoms with Gasteiger partial charge in [-0.2, -0.15) is 0 Å². The van der Waals surface area contributed by atoms with Crippen LogP contribution in [0.5, 0.6) is 0 Å². The fraction of sp³-hybridized carbons (Fsp3) is 0.964. The molecule has 192 valence electrons. The molecule has 0 bridgehead atoms. The van der Waals surface area contributed by atoms with E-state index in [1.165, 1.54) is 165 Å². The van der Waals surface area contributed by atoms with Gasteiger partial charge < -0.3 is 5.32 Å². The molecule has 0 spiro atoms. The van der Waals surface area contributed by atoms with Gasteiger partial charge in [-0.1, -0.05) is 182 Å². The molecule has 0 atom stereocenters. The van der Waals surface area contributed by atoms with E-state index in [-0.39, 0.29) is 0 Å². The van der Waals surface area contributed by atoms with Crippen LogP contribution in [0, 0.1) is 0 Å². The molecule has 0 aliphatic carbocycles. The lowest BCUT2D eigenvalue weighted by Gasteiger charge is -2.05. The molecule has 0 aromatic carbocycles. The van der Waals surface area contributed by atoms with Gasteiger partial charge in [-0.3, -0.25) is 0 Å². The van der Waals surface area contributed by atoms with Crippen LogP contribution in [0.25, 0.3) is 0 Å². The van der Waals surface area contributed by atoms with Crippen LogP contribution in [0.1, 0.15) is 161 Å². The van der Waals surface area contributed by atoms with E-state index in [4.69, 9.17) is 12.2 Å². The Bertz CT molecular complexity index is 365. The van der Waals surface area contributed by atoms with Crippen molar-refractivity contribution in [2.24, 2.45) is 0 Å². The van der Waals surface area contributed by atoms with Crippen molar-refractivity contribution in [2.45, 2.75) is 161 Å². The molecule has 0 radical (unpaired) electrons. The van der Waals surface area contributed by atoms with Gasteiger partial charge in [0.15, 0.2) is 0 Å². The van der Waals surface area contributed by atoms with E-state index in [9.17, 15) is 0 Å². The summed E-state index contributed by atoms with van der Waals surface area (Å²) in [5.41, 5.74) is 0. The Morgan fingerprint density at radius 2 is 0.656 bits per heavy atom. The Balaban J connectivity index is 3.00. The Morgan fingerprint density at radius 3 is 0.875 bits per heavy atom. The van der Waals surface area contributed by atoms with Gasteiger partial charge in [0.25, 0.3) is 0 Å². The lowest BCUT2D eigenvalue weighted by Crippen LogP contribution is -2.17. The largest absolute Gasteiger partial charge is 0.371 e. The standard InChI is InChI=1S/C28H56INS2/c29-26-24-22-20-18-16-14-12-10-8-6-4-2-1-3-5-7-9-11-13-15-17-19-21-23-25-27-30-28(31)32/h1-27H2,(H2,30,31,32). The second kappa shape index (κ2) is 30.0. The topological polar surface area (TPSA) is 12.0 Å². The number of hydrogen-bond donors (Lipinski definition) is 2. The van der Waals surface area contributed by atoms with Crippen LogP contribution in [0.15, 0.2) is 0 Å². The SMILES string of the molecule is S=C(S)NCCCCCCCCCCCCCCCCCCCCCCCCCCCI. The van der Waals surface area contributed by atoms with Crippen molar-refractivity contribution in [1.82, 2.24) is 5.32 Å². The minimum Gasteiger partial charge on any atom is -0.371 e. The first-order chi connectivity index (χ1) is 15.8. The molecule has 0 aliphatic rings. The summed E-state index contributed by atoms with van der Waals surface area (Å²) in [6.07, 6.45) is 36.1. The molecule has 1 N–H and O–H groups in total. The molecule has 0 aromatic heterocycles. The minimum absolute atomic E-state index is 0.629. The first-order valence-corrected chi connectivity index (χ1v) is 16.7. The number of nitrogens with one attached hydrogen (secondary N) is 1. The predicted octanol–water partition coefficient (Wildman–Crippen LogP) is 11.0. The lowest BCUT2D eigenvalue weighted by molar-refractivity contribution is 0.516. The van der Waals surface area contributed by atoms with Crippen LogP contribution in [0.2, 0.25) is 0 Å². The van der Waals surface area contributed by atoms with Crippen LogP contribution < -0.4 is 5.32 Å². The monoisotopic (exact) mass is 597 g/mol. The zero-order chi connectivity index (χ0) is 23.4. The Labute approximate surface area is 227 Å². The Hall–Kier alpha value is 0.970. The van der Waals surface area contributed by atoms with Crippen LogP contribution in [-0.4, -0.2) is 15.3 Å². The van der Waals surface area contributed by atoms with Gasteiger partial charge in [-0.15, -0.1) is 12.6 Å². The van der Waals surface area contributed by atoms with Gasteiger partial charge in [0.2, 0.25) is 0 Å². The Morgan fingerprint density at radius 1 is 0.438 bits per heavy atom. The van der Waals surface area contributed by atoms with Crippen LogP contribution in [-0.2, 0) is 0 Å². The van der Waals surface area contributed by atoms with Crippen molar-refractivity contribution < 1.29 is 0 Å². The molecular weight excluding hydrogens is 541 g/mol. The van der Waals surface area contributed by atoms with E-state index in [1.807, 2.05) is 0 Å². The fourth-order valence-corrected chi connectivity index (χ4v) is 5.23. The van der Waals surface area contributed by atoms with E-state index in [1.54, 1.807) is 0 Å². The fourth-order valence-electron chi connectivity index (χ4n) is 4.48. The summed E-state index contributed by atoms with van der Waals surface area (Å²) in [4.78, 5) is 0. The van der Waals surface area contributed by atoms with Crippen molar-refractivity contribution in [3.8, 4) is 0 Å². The highest BCUT2D eigenvalue weighted by molar-refractivity contribution is 14.1. The third-order valence-electron chi connectivity index (χ3n) is 6.59. The van der Waals surface area contributed by atoms with Gasteiger partial charge in [0, 0.05) is 6.54 Å². The molecule has 0 saturated carbocycles. The van der Waals surface area contributed by atoms with E-state index >= 15 is 0 Å². The number of alkyl halides is 1. The highest BCUT2D eigenvalue weighted by Gasteiger charge is 1.96. The van der Waals surface area contributed by atoms with Crippen molar-refractivity contribution in [3.05, 3.63) is 0 Å². The second-order valence-corrected chi connectivity index (χ2v) is 12.0. The average Bonchev–Trinajstić information content (AvgIpc) is 2.78. The summed E-state index contributed by atoms with van der Waals surface area (Å²) in [5.74, 6) is 0. The molecular formula is C28H56INS2. The third kappa shape index (κ3) is 31.0. The van der Waals surface area contributed by atoms with E-state index < -0.39 is 0 Å². The zero-order valence-electron chi connectivity index (χ0n) is 21.3. The second-order valence-electron chi connectivity index (χ2n) is 9.76. The summed E-state index contributed by atoms with van der Waals surface area (Å²) in [6, 6.07) is 0. The summed E-state index contributed by atoms with van der Waals surface area (Å²) in [5, 5.41) is 3.11. The van der Waals surface area contributed by atoms with Crippen molar-refractivity contribution in [1.29, 1.82) is 0 Å². The quantitative estimate of drug-likeness (QED) is 0.0321. The molecule has 0 fully saturated rings. The van der Waals surface area contributed by atoms with Crippen molar-refractivity contribution >= 4 is 51.8 Å². The molecule has 1 nitrogen and oxygen atoms in total. The molecule has 4 heteroatoms. The van der Waals surface area contributed by atoms with Gasteiger partial charge in [-0.25, -0.2) is 0 Å². The first kappa shape index (κ1) is 33.0. The summed E-state index contributed by atoms with van der Waals surface area (Å²) < 4.78 is 1.97. The number of hydrogen-bond acceptors (Lipinski definition) is 1. The number of thiocarbonyl (C=S) groups is 1. The Kier molecular flexibility index (Phi) is 30.9. The smallest absolute Gasteiger partial charge is 0.130 e. The molecule has 0 heterocycles. The van der Waals surface area contributed by atoms with E-state index in [0.29, 0.717) is 4.32 Å². The maximum atomic E-state index is 4.89. The van der Waals surface area contributed by atoms with Gasteiger partial charge in [0.05, 0.1) is 0 Å². The summed E-state index contributed by atoms with van der Waals surface area (Å²) in [7, 11) is 0. The highest BCUT2D eigenvalue weighted by Crippen LogP contribution is 2.15. The number of halogens is 1. The first-order valence-electron chi connectivity index (χ1n) is 14.3. The van der Waals surface area contributed by atoms with Crippen LogP contribution in [0.3, 0.4) is 0 Å².